The number of hydrogen-bond acceptors (Lipinski definition) is 1. The summed E-state index contributed by atoms with van der Waals surface area (Å²) in [6.07, 6.45) is 9.98. The highest BCUT2D eigenvalue weighted by Gasteiger charge is 2.18. The Kier molecular flexibility index (Phi) is 4.84. The van der Waals surface area contributed by atoms with Gasteiger partial charge in [-0.15, -0.1) is 0 Å². The molecule has 2 aliphatic rings. The maximum Gasteiger partial charge on any atom is 0.224 e. The molecule has 0 aromatic rings. The standard InChI is InChI=1S/C13H25N5/c14-12(15)17-13(18-9-5-2-6-10-18)16-11-7-3-1-4-8-11/h11H,1-10H2,(H4,14,15,16,17). The number of nitrogens with two attached hydrogens (primary N) is 2. The fourth-order valence-corrected chi connectivity index (χ4v) is 2.76. The molecule has 1 saturated carbocycles. The van der Waals surface area contributed by atoms with Gasteiger partial charge in [0, 0.05) is 13.1 Å². The van der Waals surface area contributed by atoms with Gasteiger partial charge < -0.3 is 16.4 Å². The van der Waals surface area contributed by atoms with E-state index in [2.05, 4.69) is 9.89 Å². The van der Waals surface area contributed by atoms with E-state index in [0.29, 0.717) is 6.04 Å². The van der Waals surface area contributed by atoms with Gasteiger partial charge in [-0.1, -0.05) is 19.3 Å². The van der Waals surface area contributed by atoms with Crippen LogP contribution in [0.1, 0.15) is 51.4 Å². The topological polar surface area (TPSA) is 80.0 Å². The van der Waals surface area contributed by atoms with Crippen LogP contribution < -0.4 is 11.5 Å². The lowest BCUT2D eigenvalue weighted by Crippen LogP contribution is -2.38. The molecule has 1 saturated heterocycles. The molecule has 18 heavy (non-hydrogen) atoms. The van der Waals surface area contributed by atoms with Crippen LogP contribution in [-0.2, 0) is 0 Å². The Morgan fingerprint density at radius 1 is 0.889 bits per heavy atom. The van der Waals surface area contributed by atoms with Gasteiger partial charge >= 0.3 is 0 Å². The molecule has 0 amide bonds. The molecule has 0 spiro atoms. The van der Waals surface area contributed by atoms with Crippen LogP contribution in [0, 0.1) is 0 Å². The van der Waals surface area contributed by atoms with Crippen molar-refractivity contribution in [2.75, 3.05) is 13.1 Å². The smallest absolute Gasteiger partial charge is 0.224 e. The minimum absolute atomic E-state index is 0.120. The van der Waals surface area contributed by atoms with Crippen LogP contribution >= 0.6 is 0 Å². The SMILES string of the molecule is NC(N)=NC(=NC1CCCCC1)N1CCCCC1. The lowest BCUT2D eigenvalue weighted by atomic mass is 9.96. The van der Waals surface area contributed by atoms with E-state index in [1.165, 1.54) is 51.4 Å². The summed E-state index contributed by atoms with van der Waals surface area (Å²) in [6, 6.07) is 0.416. The van der Waals surface area contributed by atoms with E-state index in [-0.39, 0.29) is 5.96 Å². The molecule has 2 rings (SSSR count). The van der Waals surface area contributed by atoms with Crippen LogP contribution in [0.15, 0.2) is 9.98 Å². The van der Waals surface area contributed by atoms with E-state index >= 15 is 0 Å². The summed E-state index contributed by atoms with van der Waals surface area (Å²) < 4.78 is 0. The Morgan fingerprint density at radius 2 is 1.50 bits per heavy atom. The van der Waals surface area contributed by atoms with Crippen molar-refractivity contribution in [3.8, 4) is 0 Å². The molecule has 0 atom stereocenters. The second kappa shape index (κ2) is 6.61. The lowest BCUT2D eigenvalue weighted by molar-refractivity contribution is 0.334. The van der Waals surface area contributed by atoms with Gasteiger partial charge in [0.15, 0.2) is 5.96 Å². The fourth-order valence-electron chi connectivity index (χ4n) is 2.76. The van der Waals surface area contributed by atoms with Crippen LogP contribution in [-0.4, -0.2) is 36.0 Å². The van der Waals surface area contributed by atoms with Gasteiger partial charge in [-0.25, -0.2) is 4.99 Å². The molecular weight excluding hydrogens is 226 g/mol. The molecule has 0 aromatic carbocycles. The summed E-state index contributed by atoms with van der Waals surface area (Å²) in [7, 11) is 0. The Hall–Kier alpha value is -1.26. The normalized spacial score (nSPS) is 22.9. The molecule has 4 N–H and O–H groups in total. The molecule has 1 aliphatic heterocycles. The minimum atomic E-state index is 0.120. The summed E-state index contributed by atoms with van der Waals surface area (Å²) >= 11 is 0. The zero-order chi connectivity index (χ0) is 12.8. The van der Waals surface area contributed by atoms with E-state index in [4.69, 9.17) is 16.5 Å². The second-order valence-electron chi connectivity index (χ2n) is 5.31. The van der Waals surface area contributed by atoms with E-state index in [9.17, 15) is 0 Å². The predicted octanol–water partition coefficient (Wildman–Crippen LogP) is 1.43. The highest BCUT2D eigenvalue weighted by atomic mass is 15.3. The van der Waals surface area contributed by atoms with Crippen LogP contribution in [0.2, 0.25) is 0 Å². The maximum atomic E-state index is 5.53. The van der Waals surface area contributed by atoms with Crippen LogP contribution in [0.3, 0.4) is 0 Å². The Morgan fingerprint density at radius 3 is 2.11 bits per heavy atom. The first-order valence-corrected chi connectivity index (χ1v) is 7.18. The number of likely N-dealkylation sites (tertiary alicyclic amines) is 1. The Balaban J connectivity index is 2.07. The summed E-state index contributed by atoms with van der Waals surface area (Å²) in [6.45, 7) is 2.06. The van der Waals surface area contributed by atoms with Crippen molar-refractivity contribution < 1.29 is 0 Å². The van der Waals surface area contributed by atoms with E-state index in [0.717, 1.165) is 19.0 Å². The average Bonchev–Trinajstić information content (AvgIpc) is 2.40. The molecular formula is C13H25N5. The van der Waals surface area contributed by atoms with Crippen molar-refractivity contribution in [2.45, 2.75) is 57.4 Å². The maximum absolute atomic E-state index is 5.53. The van der Waals surface area contributed by atoms with Crippen molar-refractivity contribution in [1.82, 2.24) is 4.90 Å². The van der Waals surface area contributed by atoms with Crippen molar-refractivity contribution in [1.29, 1.82) is 0 Å². The fraction of sp³-hybridized carbons (Fsp3) is 0.846. The summed E-state index contributed by atoms with van der Waals surface area (Å²) in [4.78, 5) is 11.3. The monoisotopic (exact) mass is 251 g/mol. The van der Waals surface area contributed by atoms with Gasteiger partial charge in [0.2, 0.25) is 5.96 Å². The van der Waals surface area contributed by atoms with Crippen LogP contribution in [0.5, 0.6) is 0 Å². The van der Waals surface area contributed by atoms with E-state index in [1.807, 2.05) is 0 Å². The van der Waals surface area contributed by atoms with Gasteiger partial charge in [0.25, 0.3) is 0 Å². The Bertz CT molecular complexity index is 307. The largest absolute Gasteiger partial charge is 0.370 e. The van der Waals surface area contributed by atoms with Gasteiger partial charge in [0.1, 0.15) is 0 Å². The summed E-state index contributed by atoms with van der Waals surface area (Å²) in [5, 5.41) is 0. The van der Waals surface area contributed by atoms with Crippen molar-refractivity contribution >= 4 is 11.9 Å². The number of hydrogen-bond donors (Lipinski definition) is 2. The first-order chi connectivity index (χ1) is 8.75. The molecule has 0 aromatic heterocycles. The zero-order valence-electron chi connectivity index (χ0n) is 11.1. The molecule has 5 heteroatoms. The van der Waals surface area contributed by atoms with Gasteiger partial charge in [-0.2, -0.15) is 4.99 Å². The van der Waals surface area contributed by atoms with Crippen molar-refractivity contribution in [3.63, 3.8) is 0 Å². The third kappa shape index (κ3) is 3.89. The number of guanidine groups is 2. The lowest BCUT2D eigenvalue weighted by Gasteiger charge is -2.29. The van der Waals surface area contributed by atoms with Crippen molar-refractivity contribution in [2.24, 2.45) is 21.5 Å². The van der Waals surface area contributed by atoms with Gasteiger partial charge in [-0.3, -0.25) is 0 Å². The van der Waals surface area contributed by atoms with Crippen LogP contribution in [0.25, 0.3) is 0 Å². The third-order valence-corrected chi connectivity index (χ3v) is 3.74. The highest BCUT2D eigenvalue weighted by molar-refractivity contribution is 5.93. The number of nitrogens with zero attached hydrogens (tertiary/aromatic N) is 3. The van der Waals surface area contributed by atoms with Crippen molar-refractivity contribution in [3.05, 3.63) is 0 Å². The van der Waals surface area contributed by atoms with E-state index < -0.39 is 0 Å². The zero-order valence-corrected chi connectivity index (χ0v) is 11.1. The first kappa shape index (κ1) is 13.2. The predicted molar refractivity (Wildman–Crippen MR) is 75.5 cm³/mol. The average molecular weight is 251 g/mol. The number of aliphatic imine (C=N–C) groups is 2. The number of piperidine rings is 1. The van der Waals surface area contributed by atoms with Crippen LogP contribution in [0.4, 0.5) is 0 Å². The molecule has 102 valence electrons. The first-order valence-electron chi connectivity index (χ1n) is 7.18. The Labute approximate surface area is 109 Å². The number of rotatable bonds is 1. The van der Waals surface area contributed by atoms with Gasteiger partial charge in [-0.05, 0) is 32.1 Å². The minimum Gasteiger partial charge on any atom is -0.370 e. The molecule has 0 bridgehead atoms. The molecule has 0 radical (unpaired) electrons. The molecule has 5 nitrogen and oxygen atoms in total. The summed E-state index contributed by atoms with van der Waals surface area (Å²) in [5.74, 6) is 0.886. The molecule has 0 unspecified atom stereocenters. The third-order valence-electron chi connectivity index (χ3n) is 3.74. The van der Waals surface area contributed by atoms with E-state index in [1.54, 1.807) is 0 Å². The highest BCUT2D eigenvalue weighted by Crippen LogP contribution is 2.21. The summed E-state index contributed by atoms with van der Waals surface area (Å²) in [5.41, 5.74) is 11.1. The quantitative estimate of drug-likeness (QED) is 0.546. The molecule has 2 fully saturated rings. The second-order valence-corrected chi connectivity index (χ2v) is 5.31. The molecule has 1 aliphatic carbocycles. The van der Waals surface area contributed by atoms with Gasteiger partial charge in [0.05, 0.1) is 6.04 Å². The molecule has 1 heterocycles.